The van der Waals surface area contributed by atoms with Crippen LogP contribution in [0.1, 0.15) is 20.6 Å². The van der Waals surface area contributed by atoms with Gasteiger partial charge in [0, 0.05) is 13.5 Å². The monoisotopic (exact) mass is 200 g/mol. The molecule has 0 unspecified atom stereocenters. The summed E-state index contributed by atoms with van der Waals surface area (Å²) in [5.74, 6) is -2.12. The standard InChI is InChI=1S/C10H17NO3/c1-11-6-3-4-7(11)9(8(12)5-6)10(13)14-2/h6-9,12H,3-5H2,1-2H3/t6-,7+,8-,9+/m0/s1/i9D. The van der Waals surface area contributed by atoms with E-state index in [4.69, 9.17) is 1.37 Å². The third kappa shape index (κ3) is 1.33. The molecule has 2 fully saturated rings. The van der Waals surface area contributed by atoms with E-state index in [0.29, 0.717) is 12.5 Å². The lowest BCUT2D eigenvalue weighted by Gasteiger charge is -2.39. The van der Waals surface area contributed by atoms with Gasteiger partial charge in [-0.25, -0.2) is 0 Å². The number of methoxy groups -OCH3 is 1. The fourth-order valence-electron chi connectivity index (χ4n) is 2.67. The van der Waals surface area contributed by atoms with Gasteiger partial charge in [0.05, 0.1) is 19.1 Å². The number of carbonyl (C=O) groups excluding carboxylic acids is 1. The van der Waals surface area contributed by atoms with Crippen molar-refractivity contribution in [1.29, 1.82) is 0 Å². The molecule has 2 rings (SSSR count). The average Bonchev–Trinajstić information content (AvgIpc) is 2.51. The normalized spacial score (nSPS) is 48.8. The van der Waals surface area contributed by atoms with E-state index in [2.05, 4.69) is 4.74 Å². The number of aliphatic hydroxyl groups excluding tert-OH is 1. The van der Waals surface area contributed by atoms with E-state index < -0.39 is 18.0 Å². The van der Waals surface area contributed by atoms with Crippen LogP contribution in [0.15, 0.2) is 0 Å². The maximum Gasteiger partial charge on any atom is 0.312 e. The Kier molecular flexibility index (Phi) is 2.18. The molecule has 80 valence electrons. The van der Waals surface area contributed by atoms with E-state index in [1.807, 2.05) is 11.9 Å². The number of hydrogen-bond donors (Lipinski definition) is 1. The first kappa shape index (κ1) is 8.68. The fourth-order valence-corrected chi connectivity index (χ4v) is 2.67. The molecule has 0 aromatic heterocycles. The maximum absolute atomic E-state index is 11.6. The molecule has 2 heterocycles. The number of esters is 1. The highest BCUT2D eigenvalue weighted by molar-refractivity contribution is 5.74. The fraction of sp³-hybridized carbons (Fsp3) is 0.900. The minimum absolute atomic E-state index is 0.210. The Labute approximate surface area is 85.2 Å². The van der Waals surface area contributed by atoms with Gasteiger partial charge in [-0.05, 0) is 26.3 Å². The van der Waals surface area contributed by atoms with Crippen molar-refractivity contribution in [2.24, 2.45) is 5.89 Å². The lowest BCUT2D eigenvalue weighted by atomic mass is 9.88. The van der Waals surface area contributed by atoms with E-state index >= 15 is 0 Å². The summed E-state index contributed by atoms with van der Waals surface area (Å²) >= 11 is 0. The Bertz CT molecular complexity index is 286. The molecule has 4 atom stereocenters. The molecule has 0 radical (unpaired) electrons. The molecule has 4 nitrogen and oxygen atoms in total. The van der Waals surface area contributed by atoms with Gasteiger partial charge < -0.3 is 9.84 Å². The molecule has 2 aliphatic rings. The van der Waals surface area contributed by atoms with Crippen LogP contribution in [-0.4, -0.2) is 48.3 Å². The smallest absolute Gasteiger partial charge is 0.312 e. The van der Waals surface area contributed by atoms with Gasteiger partial charge in [0.2, 0.25) is 0 Å². The number of fused-ring (bicyclic) bond motifs is 2. The summed E-state index contributed by atoms with van der Waals surface area (Å²) in [7, 11) is 3.19. The van der Waals surface area contributed by atoms with Crippen LogP contribution in [0.4, 0.5) is 0 Å². The quantitative estimate of drug-likeness (QED) is 0.605. The van der Waals surface area contributed by atoms with E-state index in [0.717, 1.165) is 12.8 Å². The van der Waals surface area contributed by atoms with Gasteiger partial charge in [-0.1, -0.05) is 0 Å². The molecule has 0 spiro atoms. The number of aliphatic hydroxyl groups is 1. The van der Waals surface area contributed by atoms with Crippen molar-refractivity contribution in [3.8, 4) is 0 Å². The minimum Gasteiger partial charge on any atom is -0.469 e. The molecule has 0 saturated carbocycles. The molecular formula is C10H17NO3. The summed E-state index contributed by atoms with van der Waals surface area (Å²) < 4.78 is 12.8. The molecule has 0 aliphatic carbocycles. The van der Waals surface area contributed by atoms with Crippen molar-refractivity contribution in [3.05, 3.63) is 0 Å². The van der Waals surface area contributed by atoms with Crippen LogP contribution in [0, 0.1) is 5.89 Å². The average molecular weight is 200 g/mol. The molecular weight excluding hydrogens is 182 g/mol. The number of nitrogens with zero attached hydrogens (tertiary/aromatic N) is 1. The zero-order chi connectivity index (χ0) is 11.2. The first-order valence-electron chi connectivity index (χ1n) is 5.50. The first-order chi connectivity index (χ1) is 7.01. The largest absolute Gasteiger partial charge is 0.469 e. The van der Waals surface area contributed by atoms with Gasteiger partial charge in [0.25, 0.3) is 0 Å². The number of carbonyl (C=O) groups is 1. The van der Waals surface area contributed by atoms with Crippen molar-refractivity contribution in [1.82, 2.24) is 4.90 Å². The predicted octanol–water partition coefficient (Wildman–Crippen LogP) is 0.00300. The van der Waals surface area contributed by atoms with Crippen molar-refractivity contribution in [2.45, 2.75) is 37.5 Å². The van der Waals surface area contributed by atoms with Gasteiger partial charge in [-0.2, -0.15) is 0 Å². The molecule has 0 aromatic carbocycles. The van der Waals surface area contributed by atoms with Gasteiger partial charge in [-0.15, -0.1) is 0 Å². The van der Waals surface area contributed by atoms with Gasteiger partial charge in [-0.3, -0.25) is 9.69 Å². The van der Waals surface area contributed by atoms with E-state index in [1.54, 1.807) is 0 Å². The first-order valence-corrected chi connectivity index (χ1v) is 5.00. The summed E-state index contributed by atoms with van der Waals surface area (Å²) in [6.07, 6.45) is 1.33. The second-order valence-corrected chi connectivity index (χ2v) is 4.11. The second kappa shape index (κ2) is 3.51. The molecule has 2 bridgehead atoms. The zero-order valence-electron chi connectivity index (χ0n) is 9.56. The second-order valence-electron chi connectivity index (χ2n) is 4.11. The number of hydrogen-bond acceptors (Lipinski definition) is 4. The van der Waals surface area contributed by atoms with Gasteiger partial charge in [0.1, 0.15) is 0 Å². The maximum atomic E-state index is 11.6. The number of rotatable bonds is 1. The van der Waals surface area contributed by atoms with Crippen LogP contribution in [0.25, 0.3) is 0 Å². The lowest BCUT2D eigenvalue weighted by molar-refractivity contribution is -0.155. The van der Waals surface area contributed by atoms with E-state index in [1.165, 1.54) is 7.11 Å². The van der Waals surface area contributed by atoms with Gasteiger partial charge >= 0.3 is 5.97 Å². The zero-order valence-corrected chi connectivity index (χ0v) is 8.56. The number of piperidine rings is 1. The molecule has 2 saturated heterocycles. The Morgan fingerprint density at radius 3 is 3.00 bits per heavy atom. The third-order valence-corrected chi connectivity index (χ3v) is 3.48. The molecule has 0 aromatic rings. The lowest BCUT2D eigenvalue weighted by Crippen LogP contribution is -2.52. The van der Waals surface area contributed by atoms with Crippen molar-refractivity contribution >= 4 is 5.97 Å². The highest BCUT2D eigenvalue weighted by atomic mass is 16.5. The van der Waals surface area contributed by atoms with Crippen molar-refractivity contribution < 1.29 is 16.0 Å². The Morgan fingerprint density at radius 1 is 1.64 bits per heavy atom. The number of ether oxygens (including phenoxy) is 1. The molecule has 0 amide bonds. The molecule has 2 aliphatic heterocycles. The van der Waals surface area contributed by atoms with Crippen LogP contribution in [-0.2, 0) is 9.53 Å². The Hall–Kier alpha value is -0.610. The third-order valence-electron chi connectivity index (χ3n) is 3.48. The predicted molar refractivity (Wildman–Crippen MR) is 50.7 cm³/mol. The Morgan fingerprint density at radius 2 is 2.36 bits per heavy atom. The highest BCUT2D eigenvalue weighted by Gasteiger charge is 2.48. The summed E-state index contributed by atoms with van der Waals surface area (Å²) in [4.78, 5) is 13.7. The SMILES string of the molecule is [2H][C@]1(C(=O)OC)[C@@H](O)C[C@@H]2CC[C@H]1N2C. The minimum atomic E-state index is -1.50. The summed E-state index contributed by atoms with van der Waals surface area (Å²) in [5, 5.41) is 9.91. The topological polar surface area (TPSA) is 49.8 Å². The van der Waals surface area contributed by atoms with Crippen molar-refractivity contribution in [2.75, 3.05) is 14.2 Å². The van der Waals surface area contributed by atoms with E-state index in [-0.39, 0.29) is 6.04 Å². The molecule has 1 N–H and O–H groups in total. The van der Waals surface area contributed by atoms with E-state index in [9.17, 15) is 9.90 Å². The van der Waals surface area contributed by atoms with Crippen LogP contribution >= 0.6 is 0 Å². The van der Waals surface area contributed by atoms with Crippen LogP contribution < -0.4 is 0 Å². The summed E-state index contributed by atoms with van der Waals surface area (Å²) in [6, 6.07) is 0.104. The highest BCUT2D eigenvalue weighted by Crippen LogP contribution is 2.38. The molecule has 14 heavy (non-hydrogen) atoms. The van der Waals surface area contributed by atoms with Crippen LogP contribution in [0.2, 0.25) is 0 Å². The van der Waals surface area contributed by atoms with Crippen molar-refractivity contribution in [3.63, 3.8) is 0 Å². The molecule has 4 heteroatoms. The summed E-state index contributed by atoms with van der Waals surface area (Å²) in [5.41, 5.74) is 0. The van der Waals surface area contributed by atoms with Crippen LogP contribution in [0.3, 0.4) is 0 Å². The summed E-state index contributed by atoms with van der Waals surface area (Å²) in [6.45, 7) is 0. The van der Waals surface area contributed by atoms with Crippen LogP contribution in [0.5, 0.6) is 0 Å². The van der Waals surface area contributed by atoms with Gasteiger partial charge in [0.15, 0.2) is 0 Å². The Balaban J connectivity index is 2.33.